The van der Waals surface area contributed by atoms with Gasteiger partial charge in [-0.1, -0.05) is 56.5 Å². The summed E-state index contributed by atoms with van der Waals surface area (Å²) in [6.07, 6.45) is 4.17. The van der Waals surface area contributed by atoms with E-state index in [1.807, 2.05) is 30.3 Å². The van der Waals surface area contributed by atoms with Crippen LogP contribution in [0.15, 0.2) is 30.3 Å². The number of Topliss-reactive ketones (excluding diaryl/α,β-unsaturated/α-hetero) is 1. The molecular formula is C17H27NO3. The highest BCUT2D eigenvalue weighted by atomic mass is 16.7. The van der Waals surface area contributed by atoms with Crippen LogP contribution < -0.4 is 0 Å². The molecule has 1 atom stereocenters. The Bertz CT molecular complexity index is 394. The van der Waals surface area contributed by atoms with Crippen molar-refractivity contribution in [1.29, 1.82) is 0 Å². The van der Waals surface area contributed by atoms with Crippen molar-refractivity contribution in [2.24, 2.45) is 5.92 Å². The van der Waals surface area contributed by atoms with Gasteiger partial charge in [-0.3, -0.25) is 9.63 Å². The topological polar surface area (TPSA) is 49.8 Å². The quantitative estimate of drug-likeness (QED) is 0.387. The molecule has 0 amide bonds. The van der Waals surface area contributed by atoms with Gasteiger partial charge < -0.3 is 5.11 Å². The fourth-order valence-electron chi connectivity index (χ4n) is 2.20. The minimum absolute atomic E-state index is 0.0699. The van der Waals surface area contributed by atoms with Crippen molar-refractivity contribution in [3.8, 4) is 0 Å². The molecule has 1 rings (SSSR count). The molecule has 0 bridgehead atoms. The molecule has 0 aromatic heterocycles. The van der Waals surface area contributed by atoms with Gasteiger partial charge in [-0.05, 0) is 18.9 Å². The first-order valence-corrected chi connectivity index (χ1v) is 7.70. The highest BCUT2D eigenvalue weighted by Gasteiger charge is 2.18. The number of unbranched alkanes of at least 4 members (excludes halogenated alkanes) is 2. The molecule has 0 aliphatic heterocycles. The van der Waals surface area contributed by atoms with Crippen LogP contribution in [0.2, 0.25) is 0 Å². The molecule has 0 radical (unpaired) electrons. The van der Waals surface area contributed by atoms with E-state index in [0.717, 1.165) is 31.2 Å². The molecule has 0 aliphatic carbocycles. The van der Waals surface area contributed by atoms with Crippen LogP contribution in [-0.4, -0.2) is 29.2 Å². The molecule has 0 unspecified atom stereocenters. The number of hydrogen-bond donors (Lipinski definition) is 1. The molecule has 0 spiro atoms. The molecule has 1 N–H and O–H groups in total. The minimum atomic E-state index is -0.204. The zero-order valence-electron chi connectivity index (χ0n) is 13.1. The second-order valence-electron chi connectivity index (χ2n) is 5.37. The Balaban J connectivity index is 2.44. The Labute approximate surface area is 127 Å². The van der Waals surface area contributed by atoms with Gasteiger partial charge in [0.05, 0.1) is 6.61 Å². The van der Waals surface area contributed by atoms with Gasteiger partial charge in [0.1, 0.15) is 12.5 Å². The summed E-state index contributed by atoms with van der Waals surface area (Å²) in [6, 6.07) is 9.79. The molecule has 4 nitrogen and oxygen atoms in total. The summed E-state index contributed by atoms with van der Waals surface area (Å²) in [4.78, 5) is 17.3. The van der Waals surface area contributed by atoms with Gasteiger partial charge >= 0.3 is 0 Å². The number of benzene rings is 1. The maximum absolute atomic E-state index is 11.7. The monoisotopic (exact) mass is 293 g/mol. The third kappa shape index (κ3) is 7.37. The van der Waals surface area contributed by atoms with Gasteiger partial charge in [0, 0.05) is 12.5 Å². The summed E-state index contributed by atoms with van der Waals surface area (Å²) in [7, 11) is 0. The largest absolute Gasteiger partial charge is 0.379 e. The van der Waals surface area contributed by atoms with Crippen LogP contribution in [0, 0.1) is 5.92 Å². The van der Waals surface area contributed by atoms with Crippen molar-refractivity contribution >= 4 is 5.78 Å². The molecule has 0 saturated heterocycles. The van der Waals surface area contributed by atoms with Crippen molar-refractivity contribution in [3.63, 3.8) is 0 Å². The van der Waals surface area contributed by atoms with Crippen LogP contribution in [0.1, 0.15) is 45.1 Å². The lowest BCUT2D eigenvalue weighted by Gasteiger charge is -2.23. The number of aliphatic hydroxyl groups excluding tert-OH is 1. The van der Waals surface area contributed by atoms with Gasteiger partial charge in [-0.15, -0.1) is 0 Å². The lowest BCUT2D eigenvalue weighted by Crippen LogP contribution is -2.33. The van der Waals surface area contributed by atoms with Gasteiger partial charge in [-0.25, -0.2) is 0 Å². The summed E-state index contributed by atoms with van der Waals surface area (Å²) in [5, 5.41) is 10.9. The summed E-state index contributed by atoms with van der Waals surface area (Å²) in [5.74, 6) is 0.0901. The van der Waals surface area contributed by atoms with Crippen molar-refractivity contribution in [3.05, 3.63) is 35.9 Å². The summed E-state index contributed by atoms with van der Waals surface area (Å²) >= 11 is 0. The fourth-order valence-corrected chi connectivity index (χ4v) is 2.20. The second kappa shape index (κ2) is 10.5. The lowest BCUT2D eigenvalue weighted by molar-refractivity contribution is -0.211. The Hall–Kier alpha value is -1.23. The van der Waals surface area contributed by atoms with Crippen molar-refractivity contribution in [2.45, 2.75) is 46.1 Å². The molecule has 4 heteroatoms. The van der Waals surface area contributed by atoms with E-state index in [4.69, 9.17) is 4.84 Å². The number of ketones is 1. The normalized spacial score (nSPS) is 12.6. The zero-order valence-corrected chi connectivity index (χ0v) is 13.1. The second-order valence-corrected chi connectivity index (χ2v) is 5.37. The Kier molecular flexibility index (Phi) is 8.90. The maximum Gasteiger partial charge on any atom is 0.134 e. The number of hydrogen-bond acceptors (Lipinski definition) is 4. The SMILES string of the molecule is CCCCC[C@H](CN(CO)OCc1ccccc1)C(C)=O. The molecule has 1 aromatic carbocycles. The number of rotatable bonds is 11. The average Bonchev–Trinajstić information content (AvgIpc) is 2.50. The minimum Gasteiger partial charge on any atom is -0.379 e. The van der Waals surface area contributed by atoms with E-state index >= 15 is 0 Å². The van der Waals surface area contributed by atoms with Crippen LogP contribution >= 0.6 is 0 Å². The Morgan fingerprint density at radius 2 is 2.00 bits per heavy atom. The van der Waals surface area contributed by atoms with E-state index in [0.29, 0.717) is 13.2 Å². The van der Waals surface area contributed by atoms with Crippen molar-refractivity contribution in [1.82, 2.24) is 5.06 Å². The first-order valence-electron chi connectivity index (χ1n) is 7.70. The average molecular weight is 293 g/mol. The third-order valence-corrected chi connectivity index (χ3v) is 3.57. The van der Waals surface area contributed by atoms with E-state index in [9.17, 15) is 9.90 Å². The first kappa shape index (κ1) is 17.8. The van der Waals surface area contributed by atoms with Crippen LogP contribution in [-0.2, 0) is 16.2 Å². The summed E-state index contributed by atoms with van der Waals surface area (Å²) in [6.45, 7) is 4.41. The number of hydroxylamine groups is 2. The van der Waals surface area contributed by atoms with Crippen LogP contribution in [0.3, 0.4) is 0 Å². The Morgan fingerprint density at radius 3 is 2.57 bits per heavy atom. The van der Waals surface area contributed by atoms with Gasteiger partial charge in [0.25, 0.3) is 0 Å². The molecule has 1 aromatic rings. The number of carbonyl (C=O) groups excluding carboxylic acids is 1. The van der Waals surface area contributed by atoms with Crippen LogP contribution in [0.4, 0.5) is 0 Å². The fraction of sp³-hybridized carbons (Fsp3) is 0.588. The number of carbonyl (C=O) groups is 1. The van der Waals surface area contributed by atoms with E-state index in [1.54, 1.807) is 6.92 Å². The van der Waals surface area contributed by atoms with E-state index in [1.165, 1.54) is 5.06 Å². The van der Waals surface area contributed by atoms with Gasteiger partial charge in [-0.2, -0.15) is 5.06 Å². The molecule has 0 saturated carbocycles. The van der Waals surface area contributed by atoms with Crippen LogP contribution in [0.5, 0.6) is 0 Å². The highest BCUT2D eigenvalue weighted by Crippen LogP contribution is 2.14. The zero-order chi connectivity index (χ0) is 15.5. The van der Waals surface area contributed by atoms with E-state index < -0.39 is 0 Å². The Morgan fingerprint density at radius 1 is 1.29 bits per heavy atom. The summed E-state index contributed by atoms with van der Waals surface area (Å²) < 4.78 is 0. The lowest BCUT2D eigenvalue weighted by atomic mass is 9.97. The molecule has 0 aliphatic rings. The van der Waals surface area contributed by atoms with Crippen LogP contribution in [0.25, 0.3) is 0 Å². The first-order chi connectivity index (χ1) is 10.2. The molecule has 21 heavy (non-hydrogen) atoms. The number of aliphatic hydroxyl groups is 1. The third-order valence-electron chi connectivity index (χ3n) is 3.57. The molecule has 0 heterocycles. The summed E-state index contributed by atoms with van der Waals surface area (Å²) in [5.41, 5.74) is 1.04. The van der Waals surface area contributed by atoms with E-state index in [-0.39, 0.29) is 18.4 Å². The predicted molar refractivity (Wildman–Crippen MR) is 83.3 cm³/mol. The molecule has 118 valence electrons. The standard InChI is InChI=1S/C17H27NO3/c1-3-4-6-11-17(15(2)20)12-18(14-19)21-13-16-9-7-5-8-10-16/h5,7-10,17,19H,3-4,6,11-14H2,1-2H3/t17-/m1/s1. The highest BCUT2D eigenvalue weighted by molar-refractivity contribution is 5.78. The molecule has 0 fully saturated rings. The predicted octanol–water partition coefficient (Wildman–Crippen LogP) is 3.16. The maximum atomic E-state index is 11.7. The number of nitrogens with zero attached hydrogens (tertiary/aromatic N) is 1. The van der Waals surface area contributed by atoms with E-state index in [2.05, 4.69) is 6.92 Å². The van der Waals surface area contributed by atoms with Crippen molar-refractivity contribution in [2.75, 3.05) is 13.3 Å². The van der Waals surface area contributed by atoms with Gasteiger partial charge in [0.2, 0.25) is 0 Å². The van der Waals surface area contributed by atoms with Gasteiger partial charge in [0.15, 0.2) is 0 Å². The van der Waals surface area contributed by atoms with Crippen molar-refractivity contribution < 1.29 is 14.7 Å². The molecular weight excluding hydrogens is 266 g/mol. The smallest absolute Gasteiger partial charge is 0.134 e.